The Kier molecular flexibility index (Phi) is 6.14. The van der Waals surface area contributed by atoms with Crippen LogP contribution in [0.3, 0.4) is 0 Å². The Labute approximate surface area is 151 Å². The monoisotopic (exact) mass is 360 g/mol. The van der Waals surface area contributed by atoms with Crippen molar-refractivity contribution in [3.05, 3.63) is 51.5 Å². The summed E-state index contributed by atoms with van der Waals surface area (Å²) < 4.78 is 0. The molecule has 0 aliphatic carbocycles. The number of aromatic nitrogens is 1. The van der Waals surface area contributed by atoms with Crippen LogP contribution in [0, 0.1) is 0 Å². The van der Waals surface area contributed by atoms with Gasteiger partial charge < -0.3 is 16.2 Å². The third-order valence-corrected chi connectivity index (χ3v) is 5.34. The van der Waals surface area contributed by atoms with E-state index in [0.29, 0.717) is 18.8 Å². The first-order chi connectivity index (χ1) is 12.2. The summed E-state index contributed by atoms with van der Waals surface area (Å²) in [4.78, 5) is 18.8. The minimum Gasteiger partial charge on any atom is -0.393 e. The van der Waals surface area contributed by atoms with Crippen molar-refractivity contribution in [3.8, 4) is 0 Å². The lowest BCUT2D eigenvalue weighted by molar-refractivity contribution is 0.0790. The number of nitrogens with one attached hydrogen (secondary N) is 1. The molecule has 1 aromatic carbocycles. The SMILES string of the molecule is NCc1nc(C(=O)NCc2ccccc2CN2CCC(O)CC2)cs1. The number of nitrogens with zero attached hydrogens (tertiary/aromatic N) is 2. The number of carbonyl (C=O) groups is 1. The Morgan fingerprint density at radius 2 is 2.04 bits per heavy atom. The van der Waals surface area contributed by atoms with Crippen molar-refractivity contribution in [3.63, 3.8) is 0 Å². The van der Waals surface area contributed by atoms with Crippen molar-refractivity contribution < 1.29 is 9.90 Å². The minimum atomic E-state index is -0.174. The molecule has 1 aromatic heterocycles. The van der Waals surface area contributed by atoms with E-state index in [9.17, 15) is 9.90 Å². The number of rotatable bonds is 6. The summed E-state index contributed by atoms with van der Waals surface area (Å²) in [6.07, 6.45) is 1.49. The van der Waals surface area contributed by atoms with Crippen molar-refractivity contribution in [1.29, 1.82) is 0 Å². The van der Waals surface area contributed by atoms with Crippen LogP contribution >= 0.6 is 11.3 Å². The molecule has 1 saturated heterocycles. The standard InChI is InChI=1S/C18H24N4O2S/c19-9-17-21-16(12-25-17)18(24)20-10-13-3-1-2-4-14(13)11-22-7-5-15(23)6-8-22/h1-4,12,15,23H,5-11,19H2,(H,20,24). The van der Waals surface area contributed by atoms with Gasteiger partial charge in [-0.05, 0) is 24.0 Å². The number of aliphatic hydroxyl groups excluding tert-OH is 1. The quantitative estimate of drug-likeness (QED) is 0.726. The van der Waals surface area contributed by atoms with Gasteiger partial charge in [-0.25, -0.2) is 4.98 Å². The molecular weight excluding hydrogens is 336 g/mol. The van der Waals surface area contributed by atoms with Gasteiger partial charge in [0, 0.05) is 38.1 Å². The first kappa shape index (κ1) is 18.0. The van der Waals surface area contributed by atoms with Crippen LogP contribution in [-0.4, -0.2) is 40.1 Å². The number of hydrogen-bond acceptors (Lipinski definition) is 6. The van der Waals surface area contributed by atoms with Crippen molar-refractivity contribution in [2.45, 2.75) is 38.6 Å². The molecular formula is C18H24N4O2S. The number of aliphatic hydroxyl groups is 1. The average molecular weight is 360 g/mol. The summed E-state index contributed by atoms with van der Waals surface area (Å²) in [5, 5.41) is 15.1. The van der Waals surface area contributed by atoms with Gasteiger partial charge in [0.1, 0.15) is 10.7 Å². The maximum Gasteiger partial charge on any atom is 0.271 e. The molecule has 3 rings (SSSR count). The number of likely N-dealkylation sites (tertiary alicyclic amines) is 1. The van der Waals surface area contributed by atoms with E-state index in [1.165, 1.54) is 16.9 Å². The number of amides is 1. The minimum absolute atomic E-state index is 0.165. The van der Waals surface area contributed by atoms with Gasteiger partial charge in [-0.15, -0.1) is 11.3 Å². The molecule has 0 radical (unpaired) electrons. The van der Waals surface area contributed by atoms with E-state index in [4.69, 9.17) is 5.73 Å². The Morgan fingerprint density at radius 1 is 1.32 bits per heavy atom. The topological polar surface area (TPSA) is 91.5 Å². The molecule has 7 heteroatoms. The van der Waals surface area contributed by atoms with Gasteiger partial charge in [0.25, 0.3) is 5.91 Å². The van der Waals surface area contributed by atoms with Crippen LogP contribution in [0.25, 0.3) is 0 Å². The van der Waals surface area contributed by atoms with Gasteiger partial charge in [-0.3, -0.25) is 9.69 Å². The van der Waals surface area contributed by atoms with Crippen LogP contribution in [0.15, 0.2) is 29.6 Å². The highest BCUT2D eigenvalue weighted by Crippen LogP contribution is 2.17. The molecule has 0 spiro atoms. The third-order valence-electron chi connectivity index (χ3n) is 4.47. The van der Waals surface area contributed by atoms with Crippen molar-refractivity contribution in [1.82, 2.24) is 15.2 Å². The second kappa shape index (κ2) is 8.53. The van der Waals surface area contributed by atoms with Crippen LogP contribution < -0.4 is 11.1 Å². The second-order valence-electron chi connectivity index (χ2n) is 6.29. The van der Waals surface area contributed by atoms with Gasteiger partial charge in [-0.1, -0.05) is 24.3 Å². The number of thiazole rings is 1. The maximum atomic E-state index is 12.2. The van der Waals surface area contributed by atoms with Gasteiger partial charge in [0.05, 0.1) is 6.10 Å². The van der Waals surface area contributed by atoms with E-state index >= 15 is 0 Å². The molecule has 0 saturated carbocycles. The molecule has 2 heterocycles. The second-order valence-corrected chi connectivity index (χ2v) is 7.23. The molecule has 4 N–H and O–H groups in total. The fraction of sp³-hybridized carbons (Fsp3) is 0.444. The van der Waals surface area contributed by atoms with Crippen molar-refractivity contribution in [2.75, 3.05) is 13.1 Å². The van der Waals surface area contributed by atoms with E-state index in [1.54, 1.807) is 5.38 Å². The fourth-order valence-electron chi connectivity index (χ4n) is 2.98. The number of nitrogens with two attached hydrogens (primary N) is 1. The van der Waals surface area contributed by atoms with Crippen LogP contribution in [0.5, 0.6) is 0 Å². The summed E-state index contributed by atoms with van der Waals surface area (Å²) in [5.74, 6) is -0.174. The Morgan fingerprint density at radius 3 is 2.72 bits per heavy atom. The summed E-state index contributed by atoms with van der Waals surface area (Å²) in [6.45, 7) is 3.48. The van der Waals surface area contributed by atoms with Crippen molar-refractivity contribution >= 4 is 17.2 Å². The molecule has 1 amide bonds. The highest BCUT2D eigenvalue weighted by molar-refractivity contribution is 7.09. The summed E-state index contributed by atoms with van der Waals surface area (Å²) in [7, 11) is 0. The lowest BCUT2D eigenvalue weighted by Crippen LogP contribution is -2.35. The van der Waals surface area contributed by atoms with Crippen molar-refractivity contribution in [2.24, 2.45) is 5.73 Å². The molecule has 6 nitrogen and oxygen atoms in total. The molecule has 1 aliphatic rings. The lowest BCUT2D eigenvalue weighted by Gasteiger charge is -2.30. The average Bonchev–Trinajstić information content (AvgIpc) is 3.12. The Bertz CT molecular complexity index is 711. The maximum absolute atomic E-state index is 12.2. The molecule has 2 aromatic rings. The smallest absolute Gasteiger partial charge is 0.271 e. The zero-order valence-corrected chi connectivity index (χ0v) is 15.0. The van der Waals surface area contributed by atoms with E-state index in [-0.39, 0.29) is 12.0 Å². The van der Waals surface area contributed by atoms with E-state index in [0.717, 1.165) is 43.0 Å². The molecule has 0 atom stereocenters. The van der Waals surface area contributed by atoms with E-state index in [2.05, 4.69) is 21.3 Å². The van der Waals surface area contributed by atoms with Crippen LogP contribution in [0.1, 0.15) is 39.5 Å². The zero-order chi connectivity index (χ0) is 17.6. The largest absolute Gasteiger partial charge is 0.393 e. The Balaban J connectivity index is 1.59. The van der Waals surface area contributed by atoms with Gasteiger partial charge >= 0.3 is 0 Å². The first-order valence-electron chi connectivity index (χ1n) is 8.55. The van der Waals surface area contributed by atoms with Crippen LogP contribution in [-0.2, 0) is 19.6 Å². The molecule has 25 heavy (non-hydrogen) atoms. The number of carbonyl (C=O) groups excluding carboxylic acids is 1. The lowest BCUT2D eigenvalue weighted by atomic mass is 10.0. The molecule has 134 valence electrons. The molecule has 0 bridgehead atoms. The van der Waals surface area contributed by atoms with Gasteiger partial charge in [0.2, 0.25) is 0 Å². The van der Waals surface area contributed by atoms with E-state index in [1.807, 2.05) is 18.2 Å². The highest BCUT2D eigenvalue weighted by Gasteiger charge is 2.18. The summed E-state index contributed by atoms with van der Waals surface area (Å²) >= 11 is 1.40. The van der Waals surface area contributed by atoms with Crippen LogP contribution in [0.4, 0.5) is 0 Å². The number of benzene rings is 1. The summed E-state index contributed by atoms with van der Waals surface area (Å²) in [5.41, 5.74) is 8.28. The summed E-state index contributed by atoms with van der Waals surface area (Å²) in [6, 6.07) is 8.15. The molecule has 1 fully saturated rings. The normalized spacial score (nSPS) is 16.1. The van der Waals surface area contributed by atoms with E-state index < -0.39 is 0 Å². The number of piperidine rings is 1. The van der Waals surface area contributed by atoms with Crippen LogP contribution in [0.2, 0.25) is 0 Å². The highest BCUT2D eigenvalue weighted by atomic mass is 32.1. The van der Waals surface area contributed by atoms with Gasteiger partial charge in [-0.2, -0.15) is 0 Å². The zero-order valence-electron chi connectivity index (χ0n) is 14.1. The van der Waals surface area contributed by atoms with Gasteiger partial charge in [0.15, 0.2) is 0 Å². The molecule has 0 unspecified atom stereocenters. The predicted molar refractivity (Wildman–Crippen MR) is 98.1 cm³/mol. The fourth-order valence-corrected chi connectivity index (χ4v) is 3.63. The Hall–Kier alpha value is -1.80. The third kappa shape index (κ3) is 4.85. The predicted octanol–water partition coefficient (Wildman–Crippen LogP) is 1.49. The molecule has 1 aliphatic heterocycles. The first-order valence-corrected chi connectivity index (χ1v) is 9.43. The number of hydrogen-bond donors (Lipinski definition) is 3.